The van der Waals surface area contributed by atoms with Crippen LogP contribution in [0.2, 0.25) is 0 Å². The van der Waals surface area contributed by atoms with Gasteiger partial charge in [-0.05, 0) is 29.8 Å². The highest BCUT2D eigenvalue weighted by Crippen LogP contribution is 2.21. The molecule has 2 aromatic carbocycles. The summed E-state index contributed by atoms with van der Waals surface area (Å²) in [5, 5.41) is 0. The van der Waals surface area contributed by atoms with Crippen molar-refractivity contribution in [3.63, 3.8) is 0 Å². The summed E-state index contributed by atoms with van der Waals surface area (Å²) < 4.78 is 50.0. The Morgan fingerprint density at radius 3 is 2.32 bits per heavy atom. The maximum absolute atomic E-state index is 13.1. The molecule has 100 valence electrons. The van der Waals surface area contributed by atoms with E-state index in [4.69, 9.17) is 5.73 Å². The second-order valence-electron chi connectivity index (χ2n) is 4.03. The number of rotatable bonds is 3. The van der Waals surface area contributed by atoms with Crippen molar-refractivity contribution >= 4 is 15.5 Å². The van der Waals surface area contributed by atoms with Gasteiger partial charge in [0, 0.05) is 5.69 Å². The molecule has 0 aliphatic heterocycles. The summed E-state index contributed by atoms with van der Waals surface area (Å²) in [5.74, 6) is -2.63. The highest BCUT2D eigenvalue weighted by atomic mass is 32.2. The number of para-hydroxylation sites is 1. The van der Waals surface area contributed by atoms with Gasteiger partial charge in [-0.15, -0.1) is 0 Å². The standard InChI is InChI=1S/C13H11F2NO2S/c14-11-6-5-10(7-12(11)15)19(17,18)8-9-3-1-2-4-13(9)16/h1-7H,8,16H2. The lowest BCUT2D eigenvalue weighted by atomic mass is 10.2. The lowest BCUT2D eigenvalue weighted by Gasteiger charge is -2.07. The van der Waals surface area contributed by atoms with Gasteiger partial charge in [-0.2, -0.15) is 0 Å². The second-order valence-corrected chi connectivity index (χ2v) is 6.02. The molecule has 0 amide bonds. The zero-order valence-corrected chi connectivity index (χ0v) is 10.6. The predicted octanol–water partition coefficient (Wildman–Crippen LogP) is 2.52. The Balaban J connectivity index is 2.38. The van der Waals surface area contributed by atoms with Crippen LogP contribution in [0, 0.1) is 11.6 Å². The van der Waals surface area contributed by atoms with Gasteiger partial charge in [0.05, 0.1) is 10.6 Å². The Morgan fingerprint density at radius 2 is 1.68 bits per heavy atom. The van der Waals surface area contributed by atoms with Crippen LogP contribution < -0.4 is 5.73 Å². The summed E-state index contributed by atoms with van der Waals surface area (Å²) in [6, 6.07) is 8.99. The number of hydrogen-bond donors (Lipinski definition) is 1. The van der Waals surface area contributed by atoms with Crippen molar-refractivity contribution in [3.8, 4) is 0 Å². The van der Waals surface area contributed by atoms with Crippen LogP contribution in [0.3, 0.4) is 0 Å². The van der Waals surface area contributed by atoms with Crippen molar-refractivity contribution in [2.24, 2.45) is 0 Å². The van der Waals surface area contributed by atoms with Crippen LogP contribution in [0.4, 0.5) is 14.5 Å². The molecule has 0 aliphatic rings. The van der Waals surface area contributed by atoms with Crippen molar-refractivity contribution in [1.82, 2.24) is 0 Å². The summed E-state index contributed by atoms with van der Waals surface area (Å²) in [6.07, 6.45) is 0. The average Bonchev–Trinajstić information content (AvgIpc) is 2.35. The Labute approximate surface area is 109 Å². The minimum absolute atomic E-state index is 0.269. The molecule has 0 aromatic heterocycles. The molecule has 0 aliphatic carbocycles. The van der Waals surface area contributed by atoms with E-state index in [9.17, 15) is 17.2 Å². The highest BCUT2D eigenvalue weighted by molar-refractivity contribution is 7.90. The van der Waals surface area contributed by atoms with Gasteiger partial charge in [0.1, 0.15) is 0 Å². The first-order chi connectivity index (χ1) is 8.90. The van der Waals surface area contributed by atoms with E-state index in [1.54, 1.807) is 24.3 Å². The normalized spacial score (nSPS) is 11.5. The molecule has 19 heavy (non-hydrogen) atoms. The molecule has 0 fully saturated rings. The third kappa shape index (κ3) is 2.90. The fourth-order valence-electron chi connectivity index (χ4n) is 1.62. The van der Waals surface area contributed by atoms with E-state index in [1.807, 2.05) is 0 Å². The molecular formula is C13H11F2NO2S. The maximum atomic E-state index is 13.1. The quantitative estimate of drug-likeness (QED) is 0.695. The number of benzene rings is 2. The molecule has 0 saturated heterocycles. The zero-order chi connectivity index (χ0) is 14.0. The molecule has 2 N–H and O–H groups in total. The van der Waals surface area contributed by atoms with Gasteiger partial charge < -0.3 is 5.73 Å². The number of hydrogen-bond acceptors (Lipinski definition) is 3. The Bertz CT molecular complexity index is 714. The largest absolute Gasteiger partial charge is 0.398 e. The molecular weight excluding hydrogens is 272 g/mol. The summed E-state index contributed by atoms with van der Waals surface area (Å²) in [4.78, 5) is -0.269. The molecule has 0 spiro atoms. The van der Waals surface area contributed by atoms with Crippen molar-refractivity contribution in [2.75, 3.05) is 5.73 Å². The average molecular weight is 283 g/mol. The number of nitrogens with two attached hydrogens (primary N) is 1. The summed E-state index contributed by atoms with van der Waals surface area (Å²) in [7, 11) is -3.76. The zero-order valence-electron chi connectivity index (χ0n) is 9.81. The van der Waals surface area contributed by atoms with Crippen LogP contribution >= 0.6 is 0 Å². The minimum Gasteiger partial charge on any atom is -0.398 e. The lowest BCUT2D eigenvalue weighted by Crippen LogP contribution is -2.07. The number of sulfone groups is 1. The van der Waals surface area contributed by atoms with Gasteiger partial charge >= 0.3 is 0 Å². The molecule has 0 saturated carbocycles. The van der Waals surface area contributed by atoms with E-state index in [0.717, 1.165) is 12.1 Å². The highest BCUT2D eigenvalue weighted by Gasteiger charge is 2.18. The molecule has 0 radical (unpaired) electrons. The molecule has 6 heteroatoms. The van der Waals surface area contributed by atoms with Crippen molar-refractivity contribution in [3.05, 3.63) is 59.7 Å². The first kappa shape index (κ1) is 13.5. The summed E-state index contributed by atoms with van der Waals surface area (Å²) in [6.45, 7) is 0. The molecule has 0 heterocycles. The van der Waals surface area contributed by atoms with Crippen LogP contribution in [-0.2, 0) is 15.6 Å². The number of halogens is 2. The van der Waals surface area contributed by atoms with E-state index in [2.05, 4.69) is 0 Å². The van der Waals surface area contributed by atoms with Crippen LogP contribution in [-0.4, -0.2) is 8.42 Å². The van der Waals surface area contributed by atoms with Crippen molar-refractivity contribution in [1.29, 1.82) is 0 Å². The van der Waals surface area contributed by atoms with Gasteiger partial charge in [0.15, 0.2) is 21.5 Å². The molecule has 0 unspecified atom stereocenters. The second kappa shape index (κ2) is 4.97. The van der Waals surface area contributed by atoms with E-state index in [-0.39, 0.29) is 10.6 Å². The Kier molecular flexibility index (Phi) is 3.53. The summed E-state index contributed by atoms with van der Waals surface area (Å²) in [5.41, 5.74) is 6.43. The minimum atomic E-state index is -3.76. The van der Waals surface area contributed by atoms with E-state index < -0.39 is 21.5 Å². The van der Waals surface area contributed by atoms with Gasteiger partial charge in [-0.1, -0.05) is 18.2 Å². The molecule has 2 rings (SSSR count). The van der Waals surface area contributed by atoms with Crippen LogP contribution in [0.25, 0.3) is 0 Å². The Morgan fingerprint density at radius 1 is 1.00 bits per heavy atom. The number of nitrogen functional groups attached to an aromatic ring is 1. The lowest BCUT2D eigenvalue weighted by molar-refractivity contribution is 0.504. The van der Waals surface area contributed by atoms with Gasteiger partial charge in [0.2, 0.25) is 0 Å². The third-order valence-corrected chi connectivity index (χ3v) is 4.31. The van der Waals surface area contributed by atoms with Crippen LogP contribution in [0.5, 0.6) is 0 Å². The maximum Gasteiger partial charge on any atom is 0.182 e. The fourth-order valence-corrected chi connectivity index (χ4v) is 3.02. The molecule has 2 aromatic rings. The first-order valence-electron chi connectivity index (χ1n) is 5.41. The van der Waals surface area contributed by atoms with E-state index in [1.165, 1.54) is 0 Å². The Hall–Kier alpha value is -1.95. The molecule has 3 nitrogen and oxygen atoms in total. The van der Waals surface area contributed by atoms with E-state index >= 15 is 0 Å². The van der Waals surface area contributed by atoms with Gasteiger partial charge in [-0.25, -0.2) is 17.2 Å². The van der Waals surface area contributed by atoms with Crippen LogP contribution in [0.15, 0.2) is 47.4 Å². The predicted molar refractivity (Wildman–Crippen MR) is 68.1 cm³/mol. The first-order valence-corrected chi connectivity index (χ1v) is 7.06. The fraction of sp³-hybridized carbons (Fsp3) is 0.0769. The monoisotopic (exact) mass is 283 g/mol. The van der Waals surface area contributed by atoms with Gasteiger partial charge in [0.25, 0.3) is 0 Å². The van der Waals surface area contributed by atoms with Crippen molar-refractivity contribution in [2.45, 2.75) is 10.6 Å². The smallest absolute Gasteiger partial charge is 0.182 e. The number of anilines is 1. The topological polar surface area (TPSA) is 60.2 Å². The SMILES string of the molecule is Nc1ccccc1CS(=O)(=O)c1ccc(F)c(F)c1. The van der Waals surface area contributed by atoms with Crippen molar-refractivity contribution < 1.29 is 17.2 Å². The molecule has 0 bridgehead atoms. The van der Waals surface area contributed by atoms with Gasteiger partial charge in [-0.3, -0.25) is 0 Å². The van der Waals surface area contributed by atoms with E-state index in [0.29, 0.717) is 17.3 Å². The summed E-state index contributed by atoms with van der Waals surface area (Å²) >= 11 is 0. The molecule has 0 atom stereocenters. The third-order valence-electron chi connectivity index (χ3n) is 2.65. The van der Waals surface area contributed by atoms with Crippen LogP contribution in [0.1, 0.15) is 5.56 Å².